The van der Waals surface area contributed by atoms with E-state index in [2.05, 4.69) is 11.0 Å². The van der Waals surface area contributed by atoms with Gasteiger partial charge in [0.05, 0.1) is 0 Å². The van der Waals surface area contributed by atoms with Gasteiger partial charge in [-0.15, -0.1) is 0 Å². The first kappa shape index (κ1) is 15.4. The van der Waals surface area contributed by atoms with Crippen molar-refractivity contribution in [1.29, 1.82) is 0 Å². The zero-order valence-electron chi connectivity index (χ0n) is 13.0. The van der Waals surface area contributed by atoms with Gasteiger partial charge in [0.1, 0.15) is 6.10 Å². The molecule has 3 rings (SSSR count). The molecule has 0 bridgehead atoms. The molecule has 118 valence electrons. The molecule has 0 aromatic rings. The third-order valence-corrected chi connectivity index (χ3v) is 6.46. The summed E-state index contributed by atoms with van der Waals surface area (Å²) >= 11 is 6.88. The molecule has 2 spiro atoms. The molecule has 2 saturated carbocycles. The molecule has 0 unspecified atom stereocenters. The molecule has 3 nitrogen and oxygen atoms in total. The molecule has 4 heteroatoms. The molecule has 1 saturated heterocycles. The Kier molecular flexibility index (Phi) is 4.08. The topological polar surface area (TPSA) is 29.5 Å². The molecule has 1 aliphatic heterocycles. The predicted molar refractivity (Wildman–Crippen MR) is 84.0 cm³/mol. The highest BCUT2D eigenvalue weighted by Crippen LogP contribution is 2.54. The van der Waals surface area contributed by atoms with Crippen LogP contribution >= 0.6 is 11.8 Å². The van der Waals surface area contributed by atoms with Crippen LogP contribution in [0.15, 0.2) is 12.2 Å². The number of rotatable bonds is 2. The summed E-state index contributed by atoms with van der Waals surface area (Å²) in [4.78, 5) is 11.9. The first-order valence-electron chi connectivity index (χ1n) is 8.30. The summed E-state index contributed by atoms with van der Waals surface area (Å²) in [5.74, 6) is -0.246. The quantitative estimate of drug-likeness (QED) is 0.431. The van der Waals surface area contributed by atoms with Gasteiger partial charge in [-0.25, -0.2) is 9.21 Å². The van der Waals surface area contributed by atoms with Crippen LogP contribution in [0.2, 0.25) is 0 Å². The number of piperidine rings is 1. The third-order valence-electron chi connectivity index (χ3n) is 5.74. The van der Waals surface area contributed by atoms with Crippen molar-refractivity contribution in [2.75, 3.05) is 0 Å². The van der Waals surface area contributed by atoms with E-state index >= 15 is 0 Å². The second-order valence-corrected chi connectivity index (χ2v) is 7.70. The van der Waals surface area contributed by atoms with Crippen molar-refractivity contribution >= 4 is 17.7 Å². The zero-order chi connectivity index (χ0) is 15.1. The van der Waals surface area contributed by atoms with Gasteiger partial charge in [-0.3, -0.25) is 0 Å². The minimum atomic E-state index is -0.246. The normalized spacial score (nSPS) is 30.9. The number of hydrogen-bond acceptors (Lipinski definition) is 3. The monoisotopic (exact) mass is 311 g/mol. The number of nitrogens with zero attached hydrogens (tertiary/aromatic N) is 1. The summed E-state index contributed by atoms with van der Waals surface area (Å²) in [6.45, 7) is 5.42. The van der Waals surface area contributed by atoms with Gasteiger partial charge in [0.15, 0.2) is 0 Å². The Balaban J connectivity index is 1.83. The highest BCUT2D eigenvalue weighted by atomic mass is 35.5. The zero-order valence-corrected chi connectivity index (χ0v) is 13.8. The fourth-order valence-corrected chi connectivity index (χ4v) is 5.26. The molecule has 21 heavy (non-hydrogen) atoms. The minimum Gasteiger partial charge on any atom is -0.459 e. The molecule has 0 atom stereocenters. The molecule has 0 amide bonds. The van der Waals surface area contributed by atoms with Crippen LogP contribution in [0, 0.1) is 0 Å². The number of carbonyl (C=O) groups excluding carboxylic acids is 1. The van der Waals surface area contributed by atoms with Crippen LogP contribution in [0.3, 0.4) is 0 Å². The molecule has 3 aliphatic rings. The average Bonchev–Trinajstić information content (AvgIpc) is 3.07. The van der Waals surface area contributed by atoms with E-state index in [4.69, 9.17) is 16.5 Å². The predicted octanol–water partition coefficient (Wildman–Crippen LogP) is 4.35. The Hall–Kier alpha value is -0.540. The largest absolute Gasteiger partial charge is 0.459 e. The van der Waals surface area contributed by atoms with E-state index < -0.39 is 0 Å². The van der Waals surface area contributed by atoms with E-state index in [0.29, 0.717) is 5.57 Å². The number of carbonyl (C=O) groups is 1. The molecule has 2 aliphatic carbocycles. The molecular formula is C17H26ClNO2. The second kappa shape index (κ2) is 5.58. The van der Waals surface area contributed by atoms with Gasteiger partial charge in [0.2, 0.25) is 0 Å². The van der Waals surface area contributed by atoms with E-state index in [9.17, 15) is 4.79 Å². The fourth-order valence-electron chi connectivity index (χ4n) is 4.79. The van der Waals surface area contributed by atoms with E-state index in [1.165, 1.54) is 25.7 Å². The maximum atomic E-state index is 11.9. The summed E-state index contributed by atoms with van der Waals surface area (Å²) in [7, 11) is 0. The Morgan fingerprint density at radius 2 is 1.52 bits per heavy atom. The van der Waals surface area contributed by atoms with Crippen LogP contribution in [-0.4, -0.2) is 27.6 Å². The van der Waals surface area contributed by atoms with Gasteiger partial charge in [0, 0.05) is 29.5 Å². The van der Waals surface area contributed by atoms with Crippen molar-refractivity contribution in [3.05, 3.63) is 12.2 Å². The maximum absolute atomic E-state index is 11.9. The highest BCUT2D eigenvalue weighted by Gasteiger charge is 2.56. The van der Waals surface area contributed by atoms with Crippen molar-refractivity contribution < 1.29 is 9.53 Å². The summed E-state index contributed by atoms with van der Waals surface area (Å²) in [6.07, 6.45) is 11.3. The van der Waals surface area contributed by atoms with Crippen molar-refractivity contribution in [2.45, 2.75) is 88.3 Å². The lowest BCUT2D eigenvalue weighted by atomic mass is 9.75. The lowest BCUT2D eigenvalue weighted by Crippen LogP contribution is -2.61. The first-order chi connectivity index (χ1) is 9.97. The van der Waals surface area contributed by atoms with Gasteiger partial charge >= 0.3 is 5.97 Å². The Morgan fingerprint density at radius 3 is 1.90 bits per heavy atom. The van der Waals surface area contributed by atoms with Gasteiger partial charge in [-0.2, -0.15) is 0 Å². The summed E-state index contributed by atoms with van der Waals surface area (Å²) in [5, 5.41) is 0. The van der Waals surface area contributed by atoms with Gasteiger partial charge in [-0.05, 0) is 44.4 Å². The molecular weight excluding hydrogens is 286 g/mol. The Morgan fingerprint density at radius 1 is 1.10 bits per heavy atom. The Labute approximate surface area is 132 Å². The lowest BCUT2D eigenvalue weighted by molar-refractivity contribution is -0.153. The molecule has 0 aromatic heterocycles. The first-order valence-corrected chi connectivity index (χ1v) is 8.64. The molecule has 1 heterocycles. The Bertz CT molecular complexity index is 410. The van der Waals surface area contributed by atoms with E-state index in [1.54, 1.807) is 6.92 Å². The van der Waals surface area contributed by atoms with E-state index in [1.807, 2.05) is 0 Å². The van der Waals surface area contributed by atoms with Crippen LogP contribution in [-0.2, 0) is 9.53 Å². The highest BCUT2D eigenvalue weighted by molar-refractivity contribution is 6.14. The SMILES string of the molecule is C=C(C)C(=O)OC1CC2(CCCC2)N(Cl)C2(CCCC2)C1. The van der Waals surface area contributed by atoms with Crippen LogP contribution in [0.1, 0.15) is 71.1 Å². The summed E-state index contributed by atoms with van der Waals surface area (Å²) < 4.78 is 7.94. The number of hydrogen-bond donors (Lipinski definition) is 0. The molecule has 3 fully saturated rings. The minimum absolute atomic E-state index is 0.000370. The van der Waals surface area contributed by atoms with Gasteiger partial charge in [0.25, 0.3) is 0 Å². The van der Waals surface area contributed by atoms with Crippen molar-refractivity contribution in [1.82, 2.24) is 4.42 Å². The molecule has 0 radical (unpaired) electrons. The summed E-state index contributed by atoms with van der Waals surface area (Å²) in [5.41, 5.74) is 0.582. The average molecular weight is 312 g/mol. The number of halogens is 1. The maximum Gasteiger partial charge on any atom is 0.333 e. The van der Waals surface area contributed by atoms with Crippen LogP contribution in [0.25, 0.3) is 0 Å². The van der Waals surface area contributed by atoms with Crippen molar-refractivity contribution in [3.63, 3.8) is 0 Å². The van der Waals surface area contributed by atoms with Crippen LogP contribution in [0.4, 0.5) is 0 Å². The lowest BCUT2D eigenvalue weighted by Gasteiger charge is -2.54. The van der Waals surface area contributed by atoms with Crippen LogP contribution in [0.5, 0.6) is 0 Å². The number of esters is 1. The van der Waals surface area contributed by atoms with E-state index in [0.717, 1.165) is 38.5 Å². The van der Waals surface area contributed by atoms with Gasteiger partial charge in [-0.1, -0.05) is 32.3 Å². The fraction of sp³-hybridized carbons (Fsp3) is 0.824. The standard InChI is InChI=1S/C17H26ClNO2/c1-13(2)15(20)21-14-11-16(7-3-4-8-16)19(18)17(12-14)9-5-6-10-17/h14H,1,3-12H2,2H3. The number of ether oxygens (including phenoxy) is 1. The molecule has 0 aromatic carbocycles. The third kappa shape index (κ3) is 2.63. The smallest absolute Gasteiger partial charge is 0.333 e. The van der Waals surface area contributed by atoms with E-state index in [-0.39, 0.29) is 23.2 Å². The molecule has 0 N–H and O–H groups in total. The van der Waals surface area contributed by atoms with Gasteiger partial charge < -0.3 is 4.74 Å². The van der Waals surface area contributed by atoms with Crippen LogP contribution < -0.4 is 0 Å². The van der Waals surface area contributed by atoms with Crippen molar-refractivity contribution in [2.24, 2.45) is 0 Å². The second-order valence-electron chi connectivity index (χ2n) is 7.36. The van der Waals surface area contributed by atoms with Crippen molar-refractivity contribution in [3.8, 4) is 0 Å². The summed E-state index contributed by atoms with van der Waals surface area (Å²) in [6, 6.07) is 0.